The van der Waals surface area contributed by atoms with Crippen LogP contribution in [0.5, 0.6) is 5.75 Å². The Kier molecular flexibility index (Phi) is 3.39. The molecule has 2 unspecified atom stereocenters. The van der Waals surface area contributed by atoms with E-state index in [4.69, 9.17) is 4.74 Å². The summed E-state index contributed by atoms with van der Waals surface area (Å²) in [6.45, 7) is 6.44. The van der Waals surface area contributed by atoms with E-state index in [1.165, 1.54) is 16.7 Å². The van der Waals surface area contributed by atoms with Crippen LogP contribution in [0.15, 0.2) is 42.5 Å². The van der Waals surface area contributed by atoms with Crippen molar-refractivity contribution in [3.8, 4) is 5.75 Å². The molecule has 2 nitrogen and oxygen atoms in total. The number of hydrogen-bond acceptors (Lipinski definition) is 2. The second-order valence-corrected chi connectivity index (χ2v) is 5.52. The molecule has 0 spiro atoms. The summed E-state index contributed by atoms with van der Waals surface area (Å²) in [5.41, 5.74) is 4.87. The predicted molar refractivity (Wildman–Crippen MR) is 83.5 cm³/mol. The summed E-state index contributed by atoms with van der Waals surface area (Å²) in [7, 11) is 0. The van der Waals surface area contributed by atoms with Gasteiger partial charge in [-0.05, 0) is 43.0 Å². The highest BCUT2D eigenvalue weighted by Gasteiger charge is 2.28. The molecule has 2 aromatic rings. The second kappa shape index (κ2) is 5.20. The van der Waals surface area contributed by atoms with Crippen molar-refractivity contribution in [2.24, 2.45) is 0 Å². The van der Waals surface area contributed by atoms with E-state index >= 15 is 0 Å². The Hall–Kier alpha value is -1.96. The molecule has 1 aliphatic rings. The number of hydrogen-bond donors (Lipinski definition) is 1. The normalized spacial score (nSPS) is 20.8. The van der Waals surface area contributed by atoms with Crippen LogP contribution in [0.4, 0.5) is 5.69 Å². The molecular weight excluding hydrogens is 246 g/mol. The minimum absolute atomic E-state index is 0.0644. The molecule has 0 amide bonds. The van der Waals surface area contributed by atoms with E-state index in [0.717, 1.165) is 17.9 Å². The maximum atomic E-state index is 6.27. The molecule has 20 heavy (non-hydrogen) atoms. The average Bonchev–Trinajstić information content (AvgIpc) is 2.47. The van der Waals surface area contributed by atoms with Gasteiger partial charge in [-0.1, -0.05) is 43.3 Å². The zero-order valence-corrected chi connectivity index (χ0v) is 12.3. The molecule has 0 aromatic heterocycles. The molecule has 1 aliphatic heterocycles. The highest BCUT2D eigenvalue weighted by molar-refractivity contribution is 5.62. The minimum atomic E-state index is 0.0644. The molecule has 2 heteroatoms. The predicted octanol–water partition coefficient (Wildman–Crippen LogP) is 4.49. The lowest BCUT2D eigenvalue weighted by atomic mass is 9.98. The number of para-hydroxylation sites is 1. The van der Waals surface area contributed by atoms with Crippen LogP contribution in [0.3, 0.4) is 0 Å². The lowest BCUT2D eigenvalue weighted by Gasteiger charge is -2.34. The minimum Gasteiger partial charge on any atom is -0.481 e. The smallest absolute Gasteiger partial charge is 0.146 e. The average molecular weight is 267 g/mol. The van der Waals surface area contributed by atoms with Gasteiger partial charge in [0.05, 0.1) is 11.7 Å². The van der Waals surface area contributed by atoms with Gasteiger partial charge >= 0.3 is 0 Å². The summed E-state index contributed by atoms with van der Waals surface area (Å²) in [6, 6.07) is 15.3. The van der Waals surface area contributed by atoms with E-state index in [-0.39, 0.29) is 12.1 Å². The molecule has 0 saturated carbocycles. The third-order valence-corrected chi connectivity index (χ3v) is 4.01. The Balaban J connectivity index is 1.93. The van der Waals surface area contributed by atoms with Gasteiger partial charge in [0.25, 0.3) is 0 Å². The van der Waals surface area contributed by atoms with E-state index in [9.17, 15) is 0 Å². The summed E-state index contributed by atoms with van der Waals surface area (Å²) in [5.74, 6) is 0.982. The number of fused-ring (bicyclic) bond motifs is 1. The van der Waals surface area contributed by atoms with Gasteiger partial charge in [-0.25, -0.2) is 0 Å². The number of aryl methyl sites for hydroxylation is 2. The Labute approximate surface area is 120 Å². The van der Waals surface area contributed by atoms with E-state index < -0.39 is 0 Å². The Morgan fingerprint density at radius 1 is 1.10 bits per heavy atom. The van der Waals surface area contributed by atoms with E-state index in [2.05, 4.69) is 68.6 Å². The molecule has 104 valence electrons. The van der Waals surface area contributed by atoms with Gasteiger partial charge in [0, 0.05) is 0 Å². The molecule has 0 radical (unpaired) electrons. The van der Waals surface area contributed by atoms with E-state index in [1.807, 2.05) is 0 Å². The van der Waals surface area contributed by atoms with Crippen LogP contribution in [0.2, 0.25) is 0 Å². The summed E-state index contributed by atoms with van der Waals surface area (Å²) < 4.78 is 6.27. The maximum Gasteiger partial charge on any atom is 0.146 e. The number of benzene rings is 2. The summed E-state index contributed by atoms with van der Waals surface area (Å²) in [5, 5.41) is 3.55. The fraction of sp³-hybridized carbons (Fsp3) is 0.333. The molecule has 0 fully saturated rings. The van der Waals surface area contributed by atoms with Gasteiger partial charge in [-0.15, -0.1) is 0 Å². The monoisotopic (exact) mass is 267 g/mol. The molecule has 2 atom stereocenters. The van der Waals surface area contributed by atoms with Gasteiger partial charge in [0.1, 0.15) is 11.9 Å². The topological polar surface area (TPSA) is 21.3 Å². The lowest BCUT2D eigenvalue weighted by Crippen LogP contribution is -2.32. The standard InChI is InChI=1S/C18H21NO/c1-4-14-8-10-15(11-9-14)18-13(3)19-16-7-5-6-12(2)17(16)20-18/h5-11,13,18-19H,4H2,1-3H3. The fourth-order valence-corrected chi connectivity index (χ4v) is 2.77. The van der Waals surface area contributed by atoms with Crippen LogP contribution in [-0.4, -0.2) is 6.04 Å². The first kappa shape index (κ1) is 13.0. The van der Waals surface area contributed by atoms with Crippen molar-refractivity contribution < 1.29 is 4.74 Å². The fourth-order valence-electron chi connectivity index (χ4n) is 2.77. The van der Waals surface area contributed by atoms with Crippen molar-refractivity contribution in [3.05, 3.63) is 59.2 Å². The molecule has 3 rings (SSSR count). The molecule has 0 bridgehead atoms. The van der Waals surface area contributed by atoms with Crippen LogP contribution in [0.25, 0.3) is 0 Å². The summed E-state index contributed by atoms with van der Waals surface area (Å²) in [6.07, 6.45) is 1.14. The third-order valence-electron chi connectivity index (χ3n) is 4.01. The van der Waals surface area contributed by atoms with Crippen LogP contribution < -0.4 is 10.1 Å². The highest BCUT2D eigenvalue weighted by Crippen LogP contribution is 2.39. The van der Waals surface area contributed by atoms with Gasteiger partial charge in [0.15, 0.2) is 0 Å². The zero-order valence-electron chi connectivity index (χ0n) is 12.3. The van der Waals surface area contributed by atoms with Crippen LogP contribution in [0, 0.1) is 6.92 Å². The molecule has 0 saturated heterocycles. The number of ether oxygens (including phenoxy) is 1. The van der Waals surface area contributed by atoms with Crippen LogP contribution in [0.1, 0.15) is 36.6 Å². The molecule has 0 aliphatic carbocycles. The zero-order chi connectivity index (χ0) is 14.1. The van der Waals surface area contributed by atoms with Crippen molar-refractivity contribution in [2.45, 2.75) is 39.3 Å². The number of anilines is 1. The Morgan fingerprint density at radius 3 is 2.55 bits per heavy atom. The summed E-state index contributed by atoms with van der Waals surface area (Å²) in [4.78, 5) is 0. The van der Waals surface area contributed by atoms with E-state index in [0.29, 0.717) is 0 Å². The third kappa shape index (κ3) is 2.26. The first-order valence-electron chi connectivity index (χ1n) is 7.30. The van der Waals surface area contributed by atoms with Crippen molar-refractivity contribution in [1.29, 1.82) is 0 Å². The first-order valence-corrected chi connectivity index (χ1v) is 7.30. The summed E-state index contributed by atoms with van der Waals surface area (Å²) >= 11 is 0. The van der Waals surface area contributed by atoms with Gasteiger partial charge in [0.2, 0.25) is 0 Å². The SMILES string of the molecule is CCc1ccc(C2Oc3c(C)cccc3NC2C)cc1. The quantitative estimate of drug-likeness (QED) is 0.865. The Bertz CT molecular complexity index is 603. The number of nitrogens with one attached hydrogen (secondary N) is 1. The maximum absolute atomic E-state index is 6.27. The second-order valence-electron chi connectivity index (χ2n) is 5.52. The van der Waals surface area contributed by atoms with Gasteiger partial charge in [-0.2, -0.15) is 0 Å². The highest BCUT2D eigenvalue weighted by atomic mass is 16.5. The Morgan fingerprint density at radius 2 is 1.85 bits per heavy atom. The van der Waals surface area contributed by atoms with E-state index in [1.54, 1.807) is 0 Å². The van der Waals surface area contributed by atoms with Crippen molar-refractivity contribution in [2.75, 3.05) is 5.32 Å². The molecular formula is C18H21NO. The van der Waals surface area contributed by atoms with Gasteiger partial charge < -0.3 is 10.1 Å². The van der Waals surface area contributed by atoms with Crippen LogP contribution >= 0.6 is 0 Å². The van der Waals surface area contributed by atoms with Crippen molar-refractivity contribution in [3.63, 3.8) is 0 Å². The van der Waals surface area contributed by atoms with Crippen molar-refractivity contribution >= 4 is 5.69 Å². The molecule has 1 N–H and O–H groups in total. The van der Waals surface area contributed by atoms with Crippen molar-refractivity contribution in [1.82, 2.24) is 0 Å². The molecule has 1 heterocycles. The van der Waals surface area contributed by atoms with Gasteiger partial charge in [-0.3, -0.25) is 0 Å². The largest absolute Gasteiger partial charge is 0.481 e. The van der Waals surface area contributed by atoms with Crippen LogP contribution in [-0.2, 0) is 6.42 Å². The first-order chi connectivity index (χ1) is 9.69. The lowest BCUT2D eigenvalue weighted by molar-refractivity contribution is 0.176. The number of rotatable bonds is 2. The molecule has 2 aromatic carbocycles.